The zero-order valence-electron chi connectivity index (χ0n) is 14.7. The molecule has 2 amide bonds. The van der Waals surface area contributed by atoms with Crippen LogP contribution in [0, 0.1) is 6.92 Å². The lowest BCUT2D eigenvalue weighted by atomic mass is 10.2. The van der Waals surface area contributed by atoms with Gasteiger partial charge >= 0.3 is 6.03 Å². The molecule has 3 rings (SSSR count). The number of carbonyl (C=O) groups excluding carboxylic acids is 1. The number of imidazole rings is 1. The van der Waals surface area contributed by atoms with Gasteiger partial charge in [0.25, 0.3) is 0 Å². The predicted molar refractivity (Wildman–Crippen MR) is 99.7 cm³/mol. The maximum Gasteiger partial charge on any atom is 0.317 e. The molecule has 6 heteroatoms. The molecule has 0 aromatic carbocycles. The van der Waals surface area contributed by atoms with Gasteiger partial charge in [0.05, 0.1) is 5.69 Å². The number of thioether (sulfide) groups is 1. The lowest BCUT2D eigenvalue weighted by molar-refractivity contribution is 0.191. The van der Waals surface area contributed by atoms with Crippen LogP contribution in [-0.4, -0.2) is 51.5 Å². The number of rotatable bonds is 5. The zero-order chi connectivity index (χ0) is 17.1. The smallest absolute Gasteiger partial charge is 0.317 e. The number of aromatic nitrogens is 2. The van der Waals surface area contributed by atoms with E-state index >= 15 is 0 Å². The summed E-state index contributed by atoms with van der Waals surface area (Å²) in [5, 5.41) is 3.73. The Labute approximate surface area is 147 Å². The van der Waals surface area contributed by atoms with Crippen molar-refractivity contribution in [1.82, 2.24) is 19.6 Å². The van der Waals surface area contributed by atoms with Crippen molar-refractivity contribution >= 4 is 23.4 Å². The molecule has 2 aromatic heterocycles. The van der Waals surface area contributed by atoms with E-state index in [0.29, 0.717) is 17.8 Å². The van der Waals surface area contributed by atoms with Crippen molar-refractivity contribution in [1.29, 1.82) is 0 Å². The molecule has 1 aliphatic rings. The molecule has 2 heterocycles. The molecular formula is C18H26N4OS. The highest BCUT2D eigenvalue weighted by Crippen LogP contribution is 2.30. The first-order chi connectivity index (χ1) is 11.6. The summed E-state index contributed by atoms with van der Waals surface area (Å²) in [7, 11) is 1.91. The van der Waals surface area contributed by atoms with Gasteiger partial charge in [-0.1, -0.05) is 6.07 Å². The highest BCUT2D eigenvalue weighted by atomic mass is 32.2. The summed E-state index contributed by atoms with van der Waals surface area (Å²) < 4.78 is 2.04. The van der Waals surface area contributed by atoms with Crippen molar-refractivity contribution in [2.24, 2.45) is 0 Å². The fraction of sp³-hybridized carbons (Fsp3) is 0.556. The van der Waals surface area contributed by atoms with E-state index in [0.717, 1.165) is 36.2 Å². The van der Waals surface area contributed by atoms with E-state index in [2.05, 4.69) is 29.5 Å². The molecule has 0 saturated heterocycles. The molecule has 0 bridgehead atoms. The molecular weight excluding hydrogens is 320 g/mol. The highest BCUT2D eigenvalue weighted by molar-refractivity contribution is 7.99. The lowest BCUT2D eigenvalue weighted by Crippen LogP contribution is -2.43. The van der Waals surface area contributed by atoms with Crippen LogP contribution < -0.4 is 5.32 Å². The Morgan fingerprint density at radius 1 is 1.50 bits per heavy atom. The van der Waals surface area contributed by atoms with Crippen LogP contribution >= 0.6 is 11.8 Å². The number of aryl methyl sites for hydroxylation is 1. The second kappa shape index (κ2) is 7.47. The van der Waals surface area contributed by atoms with Gasteiger partial charge in [-0.25, -0.2) is 9.78 Å². The fourth-order valence-corrected chi connectivity index (χ4v) is 4.18. The summed E-state index contributed by atoms with van der Waals surface area (Å²) in [5.41, 5.74) is 3.16. The molecule has 130 valence electrons. The maximum absolute atomic E-state index is 12.3. The first-order valence-corrected chi connectivity index (χ1v) is 9.84. The molecule has 2 aromatic rings. The monoisotopic (exact) mass is 346 g/mol. The highest BCUT2D eigenvalue weighted by Gasteiger charge is 2.29. The molecule has 2 atom stereocenters. The van der Waals surface area contributed by atoms with E-state index in [4.69, 9.17) is 0 Å². The number of nitrogens with one attached hydrogen (secondary N) is 1. The van der Waals surface area contributed by atoms with Gasteiger partial charge in [-0.2, -0.15) is 11.8 Å². The summed E-state index contributed by atoms with van der Waals surface area (Å²) in [4.78, 5) is 18.9. The summed E-state index contributed by atoms with van der Waals surface area (Å²) in [6, 6.07) is 4.49. The minimum Gasteiger partial charge on any atom is -0.338 e. The third-order valence-corrected chi connectivity index (χ3v) is 6.04. The molecule has 0 unspecified atom stereocenters. The van der Waals surface area contributed by atoms with Gasteiger partial charge in [-0.05, 0) is 44.1 Å². The maximum atomic E-state index is 12.3. The van der Waals surface area contributed by atoms with Crippen molar-refractivity contribution in [2.45, 2.75) is 43.9 Å². The molecule has 1 fully saturated rings. The van der Waals surface area contributed by atoms with Crippen LogP contribution in [-0.2, 0) is 6.42 Å². The number of hydrogen-bond donors (Lipinski definition) is 1. The van der Waals surface area contributed by atoms with Crippen molar-refractivity contribution in [3.05, 3.63) is 35.8 Å². The minimum absolute atomic E-state index is 0.0293. The first-order valence-electron chi connectivity index (χ1n) is 8.55. The van der Waals surface area contributed by atoms with Crippen LogP contribution in [0.5, 0.6) is 0 Å². The molecule has 0 aliphatic heterocycles. The Kier molecular flexibility index (Phi) is 5.33. The third-order valence-electron chi connectivity index (χ3n) is 4.94. The summed E-state index contributed by atoms with van der Waals surface area (Å²) in [5.74, 6) is 0. The van der Waals surface area contributed by atoms with E-state index < -0.39 is 0 Å². The number of hydrogen-bond acceptors (Lipinski definition) is 3. The van der Waals surface area contributed by atoms with Crippen molar-refractivity contribution in [3.63, 3.8) is 0 Å². The van der Waals surface area contributed by atoms with Crippen LogP contribution in [0.25, 0.3) is 5.65 Å². The van der Waals surface area contributed by atoms with E-state index in [1.54, 1.807) is 0 Å². The van der Waals surface area contributed by atoms with Gasteiger partial charge in [0, 0.05) is 43.7 Å². The number of carbonyl (C=O) groups is 1. The normalized spacial score (nSPS) is 20.5. The molecule has 0 radical (unpaired) electrons. The van der Waals surface area contributed by atoms with Gasteiger partial charge in [-0.15, -0.1) is 0 Å². The number of nitrogens with zero attached hydrogens (tertiary/aromatic N) is 3. The van der Waals surface area contributed by atoms with Crippen molar-refractivity contribution in [3.8, 4) is 0 Å². The SMILES string of the molecule is CS[C@H]1CC[C@@H](N(C)C(=O)NCCc2cn3cccc(C)c3n2)C1. The summed E-state index contributed by atoms with van der Waals surface area (Å²) in [6.45, 7) is 2.68. The zero-order valence-corrected chi connectivity index (χ0v) is 15.5. The van der Waals surface area contributed by atoms with Crippen molar-refractivity contribution < 1.29 is 4.79 Å². The van der Waals surface area contributed by atoms with Crippen LogP contribution in [0.1, 0.15) is 30.5 Å². The molecule has 1 N–H and O–H groups in total. The first kappa shape index (κ1) is 17.1. The molecule has 1 aliphatic carbocycles. The van der Waals surface area contributed by atoms with E-state index in [1.165, 1.54) is 6.42 Å². The molecule has 0 spiro atoms. The second-order valence-electron chi connectivity index (χ2n) is 6.57. The van der Waals surface area contributed by atoms with Crippen LogP contribution in [0.4, 0.5) is 4.79 Å². The average molecular weight is 347 g/mol. The van der Waals surface area contributed by atoms with Crippen LogP contribution in [0.3, 0.4) is 0 Å². The van der Waals surface area contributed by atoms with Gasteiger partial charge in [0.1, 0.15) is 5.65 Å². The van der Waals surface area contributed by atoms with E-state index in [-0.39, 0.29) is 6.03 Å². The molecule has 1 saturated carbocycles. The van der Waals surface area contributed by atoms with Gasteiger partial charge in [0.2, 0.25) is 0 Å². The number of fused-ring (bicyclic) bond motifs is 1. The Bertz CT molecular complexity index is 714. The minimum atomic E-state index is 0.0293. The van der Waals surface area contributed by atoms with Gasteiger partial charge in [0.15, 0.2) is 0 Å². The van der Waals surface area contributed by atoms with E-state index in [9.17, 15) is 4.79 Å². The Hall–Kier alpha value is -1.69. The molecule has 24 heavy (non-hydrogen) atoms. The predicted octanol–water partition coefficient (Wildman–Crippen LogP) is 3.11. The second-order valence-corrected chi connectivity index (χ2v) is 7.71. The number of urea groups is 1. The largest absolute Gasteiger partial charge is 0.338 e. The number of pyridine rings is 1. The average Bonchev–Trinajstić information content (AvgIpc) is 3.21. The Morgan fingerprint density at radius 2 is 2.33 bits per heavy atom. The standard InChI is InChI=1S/C18H26N4OS/c1-13-5-4-10-22-12-14(20-17(13)22)8-9-19-18(23)21(2)15-6-7-16(11-15)24-3/h4-5,10,12,15-16H,6-9,11H2,1-3H3,(H,19,23)/t15-,16+/m1/s1. The van der Waals surface area contributed by atoms with Crippen LogP contribution in [0.2, 0.25) is 0 Å². The van der Waals surface area contributed by atoms with Gasteiger partial charge < -0.3 is 14.6 Å². The van der Waals surface area contributed by atoms with E-state index in [1.807, 2.05) is 46.6 Å². The fourth-order valence-electron chi connectivity index (χ4n) is 3.40. The number of amides is 2. The topological polar surface area (TPSA) is 49.6 Å². The Morgan fingerprint density at radius 3 is 3.04 bits per heavy atom. The molecule has 5 nitrogen and oxygen atoms in total. The van der Waals surface area contributed by atoms with Gasteiger partial charge in [-0.3, -0.25) is 0 Å². The lowest BCUT2D eigenvalue weighted by Gasteiger charge is -2.24. The Balaban J connectivity index is 1.50. The summed E-state index contributed by atoms with van der Waals surface area (Å²) in [6.07, 6.45) is 10.4. The van der Waals surface area contributed by atoms with Crippen LogP contribution in [0.15, 0.2) is 24.5 Å². The van der Waals surface area contributed by atoms with Crippen molar-refractivity contribution in [2.75, 3.05) is 19.8 Å². The quantitative estimate of drug-likeness (QED) is 0.905. The third kappa shape index (κ3) is 3.69. The summed E-state index contributed by atoms with van der Waals surface area (Å²) >= 11 is 1.91.